The van der Waals surface area contributed by atoms with E-state index in [9.17, 15) is 5.11 Å². The molecule has 0 aromatic carbocycles. The molecule has 6 heteroatoms. The number of hydrogen-bond acceptors (Lipinski definition) is 6. The third kappa shape index (κ3) is 2.68. The molecule has 1 aromatic rings. The topological polar surface area (TPSA) is 71.2 Å². The second-order valence-electron chi connectivity index (χ2n) is 4.49. The number of aliphatic hydroxyl groups is 1. The minimum absolute atomic E-state index is 0.254. The Morgan fingerprint density at radius 3 is 3.00 bits per heavy atom. The molecule has 1 atom stereocenters. The van der Waals surface area contributed by atoms with Gasteiger partial charge in [0, 0.05) is 18.2 Å². The number of aromatic nitrogens is 2. The highest BCUT2D eigenvalue weighted by Crippen LogP contribution is 2.27. The monoisotopic (exact) mass is 243 g/mol. The molecule has 1 saturated heterocycles. The van der Waals surface area contributed by atoms with Crippen molar-refractivity contribution >= 4 is 17.8 Å². The van der Waals surface area contributed by atoms with Gasteiger partial charge in [-0.3, -0.25) is 0 Å². The predicted octanol–water partition coefficient (Wildman–Crippen LogP) is 1.47. The molecule has 1 fully saturated rings. The van der Waals surface area contributed by atoms with Crippen LogP contribution >= 0.6 is 11.8 Å². The first-order chi connectivity index (χ1) is 7.59. The second kappa shape index (κ2) is 4.63. The first-order valence-corrected chi connectivity index (χ1v) is 6.62. The Kier molecular flexibility index (Phi) is 3.39. The molecule has 0 amide bonds. The lowest BCUT2D eigenvalue weighted by molar-refractivity contribution is 0.0812. The van der Waals surface area contributed by atoms with Crippen LogP contribution in [0.4, 0.5) is 6.01 Å². The van der Waals surface area contributed by atoms with Crippen LogP contribution < -0.4 is 5.32 Å². The van der Waals surface area contributed by atoms with Gasteiger partial charge >= 0.3 is 6.01 Å². The van der Waals surface area contributed by atoms with Gasteiger partial charge in [-0.25, -0.2) is 0 Å². The summed E-state index contributed by atoms with van der Waals surface area (Å²) in [4.78, 5) is 4.20. The fourth-order valence-corrected chi connectivity index (χ4v) is 2.81. The van der Waals surface area contributed by atoms with E-state index in [1.807, 2.05) is 13.8 Å². The average Bonchev–Trinajstić information content (AvgIpc) is 2.84. The van der Waals surface area contributed by atoms with E-state index in [0.29, 0.717) is 18.4 Å². The van der Waals surface area contributed by atoms with E-state index in [0.717, 1.165) is 17.9 Å². The molecule has 16 heavy (non-hydrogen) atoms. The molecule has 1 aliphatic rings. The number of nitrogens with zero attached hydrogens (tertiary/aromatic N) is 2. The summed E-state index contributed by atoms with van der Waals surface area (Å²) in [6.07, 6.45) is 0.815. The zero-order valence-electron chi connectivity index (χ0n) is 9.56. The summed E-state index contributed by atoms with van der Waals surface area (Å²) in [6, 6.07) is 0.397. The molecule has 0 aliphatic carbocycles. The highest BCUT2D eigenvalue weighted by atomic mass is 32.2. The molecule has 0 radical (unpaired) electrons. The van der Waals surface area contributed by atoms with Crippen LogP contribution in [-0.4, -0.2) is 38.9 Å². The van der Waals surface area contributed by atoms with E-state index < -0.39 is 5.60 Å². The van der Waals surface area contributed by atoms with E-state index >= 15 is 0 Å². The van der Waals surface area contributed by atoms with Gasteiger partial charge < -0.3 is 14.9 Å². The maximum atomic E-state index is 10.1. The third-order valence-corrected chi connectivity index (χ3v) is 3.84. The Balaban J connectivity index is 1.89. The van der Waals surface area contributed by atoms with Gasteiger partial charge in [-0.05, 0) is 12.2 Å². The van der Waals surface area contributed by atoms with Crippen LogP contribution in [0.5, 0.6) is 0 Å². The summed E-state index contributed by atoms with van der Waals surface area (Å²) in [5.74, 6) is 2.73. The predicted molar refractivity (Wildman–Crippen MR) is 63.8 cm³/mol. The van der Waals surface area contributed by atoms with Gasteiger partial charge in [-0.2, -0.15) is 16.7 Å². The van der Waals surface area contributed by atoms with Crippen molar-refractivity contribution in [1.82, 2.24) is 10.1 Å². The Hall–Kier alpha value is -0.750. The van der Waals surface area contributed by atoms with Crippen molar-refractivity contribution in [2.75, 3.05) is 23.4 Å². The smallest absolute Gasteiger partial charge is 0.321 e. The van der Waals surface area contributed by atoms with Crippen molar-refractivity contribution in [3.8, 4) is 0 Å². The molecule has 2 N–H and O–H groups in total. The lowest BCUT2D eigenvalue weighted by atomic mass is 10.0. The Morgan fingerprint density at radius 2 is 2.44 bits per heavy atom. The van der Waals surface area contributed by atoms with Crippen LogP contribution in [0.15, 0.2) is 4.52 Å². The van der Waals surface area contributed by atoms with Gasteiger partial charge in [0.1, 0.15) is 0 Å². The van der Waals surface area contributed by atoms with Crippen LogP contribution in [-0.2, 0) is 0 Å². The van der Waals surface area contributed by atoms with Crippen molar-refractivity contribution in [2.45, 2.75) is 31.8 Å². The van der Waals surface area contributed by atoms with Gasteiger partial charge in [0.25, 0.3) is 0 Å². The molecule has 1 aliphatic heterocycles. The van der Waals surface area contributed by atoms with Crippen molar-refractivity contribution in [1.29, 1.82) is 0 Å². The maximum Gasteiger partial charge on any atom is 0.321 e. The summed E-state index contributed by atoms with van der Waals surface area (Å²) >= 11 is 1.77. The maximum absolute atomic E-state index is 10.1. The summed E-state index contributed by atoms with van der Waals surface area (Å²) in [5, 5.41) is 16.9. The van der Waals surface area contributed by atoms with Gasteiger partial charge in [-0.1, -0.05) is 19.0 Å². The first-order valence-electron chi connectivity index (χ1n) is 5.47. The van der Waals surface area contributed by atoms with Crippen LogP contribution in [0, 0.1) is 0 Å². The van der Waals surface area contributed by atoms with Crippen molar-refractivity contribution < 1.29 is 9.63 Å². The Bertz CT molecular complexity index is 348. The minimum atomic E-state index is -0.628. The molecule has 1 unspecified atom stereocenters. The zero-order chi connectivity index (χ0) is 11.6. The molecule has 5 nitrogen and oxygen atoms in total. The van der Waals surface area contributed by atoms with E-state index in [1.165, 1.54) is 0 Å². The lowest BCUT2D eigenvalue weighted by Crippen LogP contribution is -2.36. The number of anilines is 1. The summed E-state index contributed by atoms with van der Waals surface area (Å²) in [6.45, 7) is 4.49. The zero-order valence-corrected chi connectivity index (χ0v) is 10.4. The summed E-state index contributed by atoms with van der Waals surface area (Å²) in [7, 11) is 0. The molecule has 2 rings (SSSR count). The summed E-state index contributed by atoms with van der Waals surface area (Å²) in [5.41, 5.74) is -0.628. The largest absolute Gasteiger partial charge is 0.387 e. The van der Waals surface area contributed by atoms with Crippen LogP contribution in [0.3, 0.4) is 0 Å². The molecule has 0 saturated carbocycles. The SMILES string of the molecule is CC(C)c1noc(NCC2(O)CCSC2)n1. The van der Waals surface area contributed by atoms with Crippen molar-refractivity contribution in [2.24, 2.45) is 0 Å². The molecule has 90 valence electrons. The van der Waals surface area contributed by atoms with Gasteiger partial charge in [0.2, 0.25) is 0 Å². The first kappa shape index (κ1) is 11.7. The quantitative estimate of drug-likeness (QED) is 0.834. The molecule has 1 aromatic heterocycles. The van der Waals surface area contributed by atoms with E-state index in [4.69, 9.17) is 4.52 Å². The third-order valence-electron chi connectivity index (χ3n) is 2.61. The Labute approximate surface area is 99.0 Å². The molecule has 0 bridgehead atoms. The van der Waals surface area contributed by atoms with Gasteiger partial charge in [0.15, 0.2) is 5.82 Å². The van der Waals surface area contributed by atoms with Crippen LogP contribution in [0.25, 0.3) is 0 Å². The molecule has 2 heterocycles. The lowest BCUT2D eigenvalue weighted by Gasteiger charge is -2.20. The average molecular weight is 243 g/mol. The fraction of sp³-hybridized carbons (Fsp3) is 0.800. The molecular formula is C10H17N3O2S. The highest BCUT2D eigenvalue weighted by molar-refractivity contribution is 7.99. The number of rotatable bonds is 4. The van der Waals surface area contributed by atoms with Crippen LogP contribution in [0.2, 0.25) is 0 Å². The Morgan fingerprint density at radius 1 is 1.62 bits per heavy atom. The normalized spacial score (nSPS) is 25.2. The van der Waals surface area contributed by atoms with Crippen molar-refractivity contribution in [3.63, 3.8) is 0 Å². The van der Waals surface area contributed by atoms with E-state index in [2.05, 4.69) is 15.5 Å². The fourth-order valence-electron chi connectivity index (χ4n) is 1.52. The molecule has 0 spiro atoms. The van der Waals surface area contributed by atoms with E-state index in [1.54, 1.807) is 11.8 Å². The molecular weight excluding hydrogens is 226 g/mol. The second-order valence-corrected chi connectivity index (χ2v) is 5.60. The van der Waals surface area contributed by atoms with Gasteiger partial charge in [0.05, 0.1) is 5.60 Å². The van der Waals surface area contributed by atoms with Gasteiger partial charge in [-0.15, -0.1) is 0 Å². The summed E-state index contributed by atoms with van der Waals surface area (Å²) < 4.78 is 5.04. The number of nitrogens with one attached hydrogen (secondary N) is 1. The number of thioether (sulfide) groups is 1. The highest BCUT2D eigenvalue weighted by Gasteiger charge is 2.31. The number of hydrogen-bond donors (Lipinski definition) is 2. The van der Waals surface area contributed by atoms with Crippen molar-refractivity contribution in [3.05, 3.63) is 5.82 Å². The van der Waals surface area contributed by atoms with Crippen LogP contribution in [0.1, 0.15) is 32.0 Å². The van der Waals surface area contributed by atoms with E-state index in [-0.39, 0.29) is 5.92 Å². The minimum Gasteiger partial charge on any atom is -0.387 e. The standard InChI is InChI=1S/C10H17N3O2S/c1-7(2)8-12-9(15-13-8)11-5-10(14)3-4-16-6-10/h7,14H,3-6H2,1-2H3,(H,11,12,13).